The van der Waals surface area contributed by atoms with E-state index < -0.39 is 52.6 Å². The molecule has 3 aromatic carbocycles. The van der Waals surface area contributed by atoms with E-state index >= 15 is 0 Å². The number of amides is 4. The Hall–Kier alpha value is -4.50. The monoisotopic (exact) mass is 656 g/mol. The molecule has 47 heavy (non-hydrogen) atoms. The van der Waals surface area contributed by atoms with Crippen LogP contribution in [0, 0.1) is 34.9 Å². The summed E-state index contributed by atoms with van der Waals surface area (Å²) in [7, 11) is 0. The summed E-state index contributed by atoms with van der Waals surface area (Å²) in [4.78, 5) is 59.4. The highest BCUT2D eigenvalue weighted by Crippen LogP contribution is 2.64. The van der Waals surface area contributed by atoms with Gasteiger partial charge in [0, 0.05) is 5.92 Å². The van der Waals surface area contributed by atoms with Crippen LogP contribution >= 0.6 is 11.6 Å². The number of rotatable bonds is 6. The quantitative estimate of drug-likeness (QED) is 0.237. The topological polar surface area (TPSA) is 104 Å². The maximum atomic E-state index is 14.6. The standard InChI is InChI=1S/C37H34ClFN2O6/c1-4-19-6-9-21(10-7-19)40-33(43)24-13-12-23-25(31(24)35(40)45)18-26-34(44)41(22-11-14-28(39)27(38)17-22)36(46)37(26,3)32(23)20-8-15-29(42)30(16-20)47-5-2/h6-12,14-17,24-26,31-32,42H,4-5,13,18H2,1-3H3. The van der Waals surface area contributed by atoms with Crippen LogP contribution in [0.25, 0.3) is 0 Å². The Morgan fingerprint density at radius 3 is 2.32 bits per heavy atom. The van der Waals surface area contributed by atoms with E-state index in [1.165, 1.54) is 23.1 Å². The van der Waals surface area contributed by atoms with Gasteiger partial charge in [0.2, 0.25) is 23.6 Å². The van der Waals surface area contributed by atoms with Crippen molar-refractivity contribution in [2.75, 3.05) is 16.4 Å². The summed E-state index contributed by atoms with van der Waals surface area (Å²) >= 11 is 6.09. The summed E-state index contributed by atoms with van der Waals surface area (Å²) in [6, 6.07) is 16.0. The first-order valence-corrected chi connectivity index (χ1v) is 16.3. The fourth-order valence-electron chi connectivity index (χ4n) is 8.38. The van der Waals surface area contributed by atoms with Crippen LogP contribution in [0.2, 0.25) is 5.02 Å². The average molecular weight is 657 g/mol. The van der Waals surface area contributed by atoms with Gasteiger partial charge in [0.1, 0.15) is 5.82 Å². The Kier molecular flexibility index (Phi) is 7.50. The summed E-state index contributed by atoms with van der Waals surface area (Å²) in [5.41, 5.74) is 1.89. The van der Waals surface area contributed by atoms with Crippen LogP contribution < -0.4 is 14.5 Å². The van der Waals surface area contributed by atoms with Gasteiger partial charge < -0.3 is 9.84 Å². The minimum absolute atomic E-state index is 0.0694. The molecule has 6 unspecified atom stereocenters. The number of aromatic hydroxyl groups is 1. The van der Waals surface area contributed by atoms with E-state index in [1.54, 1.807) is 38.1 Å². The normalized spacial score (nSPS) is 28.3. The van der Waals surface area contributed by atoms with E-state index in [2.05, 4.69) is 0 Å². The van der Waals surface area contributed by atoms with E-state index in [9.17, 15) is 28.7 Å². The molecule has 1 N–H and O–H groups in total. The van der Waals surface area contributed by atoms with Crippen molar-refractivity contribution in [2.45, 2.75) is 46.0 Å². The van der Waals surface area contributed by atoms with Crippen molar-refractivity contribution in [2.24, 2.45) is 29.1 Å². The molecule has 1 saturated carbocycles. The number of phenols is 1. The van der Waals surface area contributed by atoms with Gasteiger partial charge in [0.25, 0.3) is 0 Å². The zero-order chi connectivity index (χ0) is 33.4. The smallest absolute Gasteiger partial charge is 0.241 e. The molecule has 0 bridgehead atoms. The van der Waals surface area contributed by atoms with Crippen molar-refractivity contribution in [1.29, 1.82) is 0 Å². The third-order valence-electron chi connectivity index (χ3n) is 10.7. The molecule has 0 aromatic heterocycles. The number of halogens is 2. The molecular weight excluding hydrogens is 623 g/mol. The zero-order valence-electron chi connectivity index (χ0n) is 26.2. The molecule has 3 aromatic rings. The number of phenolic OH excluding ortho intramolecular Hbond substituents is 1. The molecule has 2 saturated heterocycles. The van der Waals surface area contributed by atoms with Crippen LogP contribution in [0.3, 0.4) is 0 Å². The Morgan fingerprint density at radius 1 is 0.915 bits per heavy atom. The average Bonchev–Trinajstić information content (AvgIpc) is 3.43. The lowest BCUT2D eigenvalue weighted by molar-refractivity contribution is -0.131. The van der Waals surface area contributed by atoms with Gasteiger partial charge in [-0.05, 0) is 92.6 Å². The first-order valence-electron chi connectivity index (χ1n) is 16.0. The number of carbonyl (C=O) groups excluding carboxylic acids is 4. The number of hydrogen-bond donors (Lipinski definition) is 1. The van der Waals surface area contributed by atoms with Crippen molar-refractivity contribution in [3.63, 3.8) is 0 Å². The summed E-state index contributed by atoms with van der Waals surface area (Å²) in [5.74, 6) is -5.44. The molecule has 10 heteroatoms. The van der Waals surface area contributed by atoms with Crippen LogP contribution in [0.15, 0.2) is 72.3 Å². The molecule has 242 valence electrons. The molecule has 2 heterocycles. The fourth-order valence-corrected chi connectivity index (χ4v) is 8.56. The molecule has 2 aliphatic heterocycles. The van der Waals surface area contributed by atoms with Crippen molar-refractivity contribution < 1.29 is 33.4 Å². The summed E-state index contributed by atoms with van der Waals surface area (Å²) in [5, 5.41) is 10.3. The van der Waals surface area contributed by atoms with Crippen molar-refractivity contribution in [1.82, 2.24) is 0 Å². The second-order valence-electron chi connectivity index (χ2n) is 13.0. The van der Waals surface area contributed by atoms with Gasteiger partial charge in [0.15, 0.2) is 11.5 Å². The highest BCUT2D eigenvalue weighted by molar-refractivity contribution is 6.32. The Bertz CT molecular complexity index is 1870. The minimum atomic E-state index is -1.31. The molecule has 4 aliphatic rings. The van der Waals surface area contributed by atoms with Gasteiger partial charge in [-0.2, -0.15) is 0 Å². The predicted octanol–water partition coefficient (Wildman–Crippen LogP) is 6.58. The van der Waals surface area contributed by atoms with Crippen LogP contribution in [0.4, 0.5) is 15.8 Å². The summed E-state index contributed by atoms with van der Waals surface area (Å²) < 4.78 is 19.8. The second kappa shape index (κ2) is 11.3. The first-order chi connectivity index (χ1) is 22.5. The molecule has 8 nitrogen and oxygen atoms in total. The van der Waals surface area contributed by atoms with Crippen molar-refractivity contribution in [3.8, 4) is 11.5 Å². The number of hydrogen-bond acceptors (Lipinski definition) is 6. The first kappa shape index (κ1) is 31.1. The lowest BCUT2D eigenvalue weighted by atomic mass is 9.51. The predicted molar refractivity (Wildman–Crippen MR) is 174 cm³/mol. The van der Waals surface area contributed by atoms with E-state index in [-0.39, 0.29) is 40.4 Å². The molecule has 0 spiro atoms. The molecule has 2 aliphatic carbocycles. The SMILES string of the molecule is CCOc1cc(C2C3=CCC4C(=O)N(c5ccc(CC)cc5)C(=O)C4C3CC3C(=O)N(c4ccc(F)c(Cl)c4)C(=O)C32C)ccc1O. The molecule has 4 amide bonds. The number of aryl methyl sites for hydroxylation is 1. The Morgan fingerprint density at radius 2 is 1.64 bits per heavy atom. The largest absolute Gasteiger partial charge is 0.504 e. The van der Waals surface area contributed by atoms with E-state index in [0.29, 0.717) is 24.3 Å². The third kappa shape index (κ3) is 4.53. The molecule has 0 radical (unpaired) electrons. The maximum absolute atomic E-state index is 14.6. The van der Waals surface area contributed by atoms with Gasteiger partial charge in [-0.3, -0.25) is 24.1 Å². The van der Waals surface area contributed by atoms with Crippen LogP contribution in [-0.4, -0.2) is 35.3 Å². The van der Waals surface area contributed by atoms with Crippen LogP contribution in [0.5, 0.6) is 11.5 Å². The summed E-state index contributed by atoms with van der Waals surface area (Å²) in [6.07, 6.45) is 3.27. The number of fused-ring (bicyclic) bond motifs is 4. The molecule has 6 atom stereocenters. The lowest BCUT2D eigenvalue weighted by Crippen LogP contribution is -2.48. The number of benzene rings is 3. The number of ether oxygens (including phenoxy) is 1. The highest BCUT2D eigenvalue weighted by atomic mass is 35.5. The van der Waals surface area contributed by atoms with E-state index in [4.69, 9.17) is 16.3 Å². The van der Waals surface area contributed by atoms with Gasteiger partial charge in [0.05, 0.1) is 46.2 Å². The number of carbonyl (C=O) groups is 4. The summed E-state index contributed by atoms with van der Waals surface area (Å²) in [6.45, 7) is 5.87. The highest BCUT2D eigenvalue weighted by Gasteiger charge is 2.67. The van der Waals surface area contributed by atoms with E-state index in [0.717, 1.165) is 28.5 Å². The number of allylic oxidation sites excluding steroid dienone is 2. The number of anilines is 2. The van der Waals surface area contributed by atoms with E-state index in [1.807, 2.05) is 25.1 Å². The zero-order valence-corrected chi connectivity index (χ0v) is 27.0. The Balaban J connectivity index is 1.36. The molecular formula is C37H34ClFN2O6. The lowest BCUT2D eigenvalue weighted by Gasteiger charge is -2.49. The van der Waals surface area contributed by atoms with Gasteiger partial charge in [-0.1, -0.05) is 48.4 Å². The Labute approximate surface area is 276 Å². The van der Waals surface area contributed by atoms with Crippen LogP contribution in [-0.2, 0) is 25.6 Å². The van der Waals surface area contributed by atoms with Gasteiger partial charge >= 0.3 is 0 Å². The molecule has 3 fully saturated rings. The van der Waals surface area contributed by atoms with Crippen molar-refractivity contribution >= 4 is 46.6 Å². The second-order valence-corrected chi connectivity index (χ2v) is 13.4. The number of imide groups is 2. The van der Waals surface area contributed by atoms with Crippen LogP contribution in [0.1, 0.15) is 50.7 Å². The minimum Gasteiger partial charge on any atom is -0.504 e. The number of nitrogens with zero attached hydrogens (tertiary/aromatic N) is 2. The van der Waals surface area contributed by atoms with Crippen molar-refractivity contribution in [3.05, 3.63) is 94.3 Å². The van der Waals surface area contributed by atoms with Gasteiger partial charge in [-0.15, -0.1) is 0 Å². The third-order valence-corrected chi connectivity index (χ3v) is 10.9. The molecule has 7 rings (SSSR count). The van der Waals surface area contributed by atoms with Gasteiger partial charge in [-0.25, -0.2) is 9.29 Å². The fraction of sp³-hybridized carbons (Fsp3) is 0.351. The maximum Gasteiger partial charge on any atom is 0.241 e.